The van der Waals surface area contributed by atoms with Crippen LogP contribution in [0.5, 0.6) is 0 Å². The van der Waals surface area contributed by atoms with E-state index in [9.17, 15) is 9.59 Å². The summed E-state index contributed by atoms with van der Waals surface area (Å²) in [6.45, 7) is 8.05. The molecule has 292 valence electrons. The van der Waals surface area contributed by atoms with Gasteiger partial charge in [-0.2, -0.15) is 9.78 Å². The number of benzene rings is 1. The van der Waals surface area contributed by atoms with E-state index in [-0.39, 0.29) is 43.7 Å². The van der Waals surface area contributed by atoms with Crippen LogP contribution in [0.1, 0.15) is 69.1 Å². The molecule has 4 bridgehead atoms. The summed E-state index contributed by atoms with van der Waals surface area (Å²) in [6.07, 6.45) is 10.0. The number of hydrogen-bond acceptors (Lipinski definition) is 11. The molecule has 6 aliphatic rings. The molecule has 4 heterocycles. The SMILES string of the molecule is Cc1ccc2c(NCCCN(Cc3ccco3)C(=O)OCCC3(CCC(=O)NCCN4CCOCC4)OOC4(O3)C3CC5CC(C3)CC4C5)ccnc2c1. The van der Waals surface area contributed by atoms with Gasteiger partial charge in [0.1, 0.15) is 5.76 Å². The molecule has 2 N–H and O–H groups in total. The largest absolute Gasteiger partial charge is 0.467 e. The summed E-state index contributed by atoms with van der Waals surface area (Å²) in [6, 6.07) is 11.9. The van der Waals surface area contributed by atoms with Crippen LogP contribution < -0.4 is 10.6 Å². The van der Waals surface area contributed by atoms with E-state index < -0.39 is 17.7 Å². The fourth-order valence-electron chi connectivity index (χ4n) is 9.61. The first-order chi connectivity index (χ1) is 26.4. The number of hydrogen-bond donors (Lipinski definition) is 2. The Morgan fingerprint density at radius 2 is 1.81 bits per heavy atom. The topological polar surface area (TPSA) is 137 Å². The number of pyridine rings is 1. The van der Waals surface area contributed by atoms with Gasteiger partial charge in [-0.15, -0.1) is 0 Å². The van der Waals surface area contributed by atoms with Crippen LogP contribution in [0.4, 0.5) is 10.5 Å². The lowest BCUT2D eigenvalue weighted by Crippen LogP contribution is -2.59. The van der Waals surface area contributed by atoms with Gasteiger partial charge >= 0.3 is 6.09 Å². The third kappa shape index (κ3) is 8.40. The summed E-state index contributed by atoms with van der Waals surface area (Å²) in [4.78, 5) is 47.7. The third-order valence-corrected chi connectivity index (χ3v) is 12.2. The minimum atomic E-state index is -1.20. The van der Waals surface area contributed by atoms with Gasteiger partial charge in [0.2, 0.25) is 17.5 Å². The van der Waals surface area contributed by atoms with Crippen molar-refractivity contribution in [3.8, 4) is 0 Å². The van der Waals surface area contributed by atoms with Gasteiger partial charge in [-0.05, 0) is 87.1 Å². The Balaban J connectivity index is 0.882. The molecule has 2 aliphatic heterocycles. The Labute approximate surface area is 317 Å². The number of fused-ring (bicyclic) bond motifs is 1. The van der Waals surface area contributed by atoms with E-state index in [2.05, 4.69) is 45.6 Å². The van der Waals surface area contributed by atoms with Crippen LogP contribution in [0.3, 0.4) is 0 Å². The number of aryl methyl sites for hydroxylation is 1. The van der Waals surface area contributed by atoms with Crippen LogP contribution in [-0.4, -0.2) is 97.4 Å². The number of nitrogens with one attached hydrogen (secondary N) is 2. The van der Waals surface area contributed by atoms with Gasteiger partial charge in [0.15, 0.2) is 0 Å². The lowest BCUT2D eigenvalue weighted by Gasteiger charge is -2.57. The normalized spacial score (nSPS) is 28.8. The molecule has 1 unspecified atom stereocenters. The van der Waals surface area contributed by atoms with E-state index in [1.54, 1.807) is 11.2 Å². The number of ether oxygens (including phenoxy) is 3. The van der Waals surface area contributed by atoms with E-state index in [0.717, 1.165) is 92.5 Å². The summed E-state index contributed by atoms with van der Waals surface area (Å²) >= 11 is 0. The van der Waals surface area contributed by atoms with Gasteiger partial charge in [0.05, 0.1) is 38.1 Å². The smallest absolute Gasteiger partial charge is 0.410 e. The number of morpholine rings is 1. The van der Waals surface area contributed by atoms with Crippen LogP contribution in [0.25, 0.3) is 10.9 Å². The predicted molar refractivity (Wildman–Crippen MR) is 200 cm³/mol. The van der Waals surface area contributed by atoms with Gasteiger partial charge in [-0.1, -0.05) is 12.1 Å². The number of nitrogens with zero attached hydrogens (tertiary/aromatic N) is 3. The average Bonchev–Trinajstić information content (AvgIpc) is 3.83. The van der Waals surface area contributed by atoms with Crippen molar-refractivity contribution in [1.29, 1.82) is 0 Å². The Morgan fingerprint density at radius 1 is 1.00 bits per heavy atom. The summed E-state index contributed by atoms with van der Waals surface area (Å²) in [5, 5.41) is 7.65. The monoisotopic (exact) mass is 745 g/mol. The molecule has 1 aromatic carbocycles. The first-order valence-corrected chi connectivity index (χ1v) is 20.0. The third-order valence-electron chi connectivity index (χ3n) is 12.2. The zero-order valence-electron chi connectivity index (χ0n) is 31.5. The number of carbonyl (C=O) groups excluding carboxylic acids is 2. The Morgan fingerprint density at radius 3 is 2.59 bits per heavy atom. The van der Waals surface area contributed by atoms with Crippen LogP contribution in [0, 0.1) is 30.6 Å². The van der Waals surface area contributed by atoms with Crippen molar-refractivity contribution in [2.24, 2.45) is 23.7 Å². The van der Waals surface area contributed by atoms with Crippen molar-refractivity contribution in [2.45, 2.75) is 82.8 Å². The lowest BCUT2D eigenvalue weighted by molar-refractivity contribution is -0.389. The van der Waals surface area contributed by atoms with Gasteiger partial charge in [0, 0.05) is 87.6 Å². The highest BCUT2D eigenvalue weighted by atomic mass is 17.3. The summed E-state index contributed by atoms with van der Waals surface area (Å²) < 4.78 is 24.0. The van der Waals surface area contributed by atoms with Crippen LogP contribution in [-0.2, 0) is 35.3 Å². The van der Waals surface area contributed by atoms with Crippen molar-refractivity contribution >= 4 is 28.6 Å². The van der Waals surface area contributed by atoms with Crippen LogP contribution >= 0.6 is 0 Å². The van der Waals surface area contributed by atoms with Crippen LogP contribution in [0.2, 0.25) is 0 Å². The average molecular weight is 746 g/mol. The second kappa shape index (κ2) is 16.5. The van der Waals surface area contributed by atoms with E-state index in [1.165, 1.54) is 6.42 Å². The quantitative estimate of drug-likeness (QED) is 0.132. The number of rotatable bonds is 16. The molecule has 13 heteroatoms. The molecular weight excluding hydrogens is 690 g/mol. The zero-order valence-corrected chi connectivity index (χ0v) is 31.5. The van der Waals surface area contributed by atoms with Gasteiger partial charge in [0.25, 0.3) is 0 Å². The van der Waals surface area contributed by atoms with Crippen molar-refractivity contribution in [1.82, 2.24) is 20.1 Å². The lowest BCUT2D eigenvalue weighted by atomic mass is 9.53. The van der Waals surface area contributed by atoms with E-state index in [1.807, 2.05) is 24.4 Å². The van der Waals surface area contributed by atoms with Crippen molar-refractivity contribution in [3.63, 3.8) is 0 Å². The predicted octanol–water partition coefficient (Wildman–Crippen LogP) is 6.02. The standard InChI is InChI=1S/C41H55N5O8/c1-29-5-6-35-36(8-12-43-37(35)22-29)42-11-3-14-46(28-34-4-2-18-50-34)39(48)51-19-10-40(9-7-38(47)44-13-15-45-16-20-49-21-17-45)52-41(54-53-40)32-24-30-23-31(26-32)27-33(41)25-30/h2,4-6,8,12,18,22,30-33H,3,7,9-11,13-17,19-21,23-28H2,1H3,(H,42,43)(H,44,47). The van der Waals surface area contributed by atoms with Gasteiger partial charge in [-0.3, -0.25) is 14.7 Å². The fourth-order valence-corrected chi connectivity index (χ4v) is 9.61. The molecule has 2 saturated heterocycles. The number of amides is 2. The second-order valence-corrected chi connectivity index (χ2v) is 16.0. The van der Waals surface area contributed by atoms with Crippen LogP contribution in [0.15, 0.2) is 53.3 Å². The van der Waals surface area contributed by atoms with E-state index >= 15 is 0 Å². The summed E-state index contributed by atoms with van der Waals surface area (Å²) in [5.41, 5.74) is 3.11. The maximum Gasteiger partial charge on any atom is 0.410 e. The fraction of sp³-hybridized carbons (Fsp3) is 0.634. The second-order valence-electron chi connectivity index (χ2n) is 16.0. The Hall–Kier alpha value is -3.75. The molecule has 6 fully saturated rings. The minimum Gasteiger partial charge on any atom is -0.467 e. The van der Waals surface area contributed by atoms with Crippen molar-refractivity contribution < 1.29 is 38.0 Å². The molecule has 0 radical (unpaired) electrons. The summed E-state index contributed by atoms with van der Waals surface area (Å²) in [5.74, 6) is 0.598. The molecule has 2 aromatic heterocycles. The molecule has 2 amide bonds. The van der Waals surface area contributed by atoms with E-state index in [4.69, 9.17) is 28.4 Å². The van der Waals surface area contributed by atoms with Gasteiger partial charge < -0.3 is 34.2 Å². The molecule has 4 aliphatic carbocycles. The minimum absolute atomic E-state index is 0.0484. The molecule has 54 heavy (non-hydrogen) atoms. The Kier molecular flexibility index (Phi) is 11.4. The molecule has 1 atom stereocenters. The molecule has 3 aromatic rings. The van der Waals surface area contributed by atoms with Gasteiger partial charge in [-0.25, -0.2) is 4.79 Å². The van der Waals surface area contributed by atoms with E-state index in [0.29, 0.717) is 38.2 Å². The Bertz CT molecular complexity index is 1700. The maximum atomic E-state index is 13.7. The van der Waals surface area contributed by atoms with Crippen molar-refractivity contribution in [2.75, 3.05) is 64.4 Å². The molecule has 13 nitrogen and oxygen atoms in total. The van der Waals surface area contributed by atoms with Crippen molar-refractivity contribution in [3.05, 3.63) is 60.2 Å². The maximum absolute atomic E-state index is 13.7. The molecule has 9 rings (SSSR count). The zero-order chi connectivity index (χ0) is 37.0. The summed E-state index contributed by atoms with van der Waals surface area (Å²) in [7, 11) is 0. The first-order valence-electron chi connectivity index (χ1n) is 20.0. The molecular formula is C41H55N5O8. The number of aromatic nitrogens is 1. The molecule has 1 spiro atoms. The number of furan rings is 1. The number of carbonyl (C=O) groups is 2. The highest BCUT2D eigenvalue weighted by Crippen LogP contribution is 2.63. The first kappa shape index (κ1) is 37.2. The highest BCUT2D eigenvalue weighted by molar-refractivity contribution is 5.91. The molecule has 4 saturated carbocycles. The number of anilines is 1. The highest BCUT2D eigenvalue weighted by Gasteiger charge is 2.66.